The van der Waals surface area contributed by atoms with E-state index in [2.05, 4.69) is 27.4 Å². The van der Waals surface area contributed by atoms with Gasteiger partial charge in [-0.15, -0.1) is 0 Å². The van der Waals surface area contributed by atoms with Crippen LogP contribution < -0.4 is 10.2 Å². The number of carbonyl (C=O) groups is 1. The maximum atomic E-state index is 13.3. The van der Waals surface area contributed by atoms with Crippen LogP contribution in [-0.2, 0) is 0 Å². The summed E-state index contributed by atoms with van der Waals surface area (Å²) in [4.78, 5) is 24.1. The Bertz CT molecular complexity index is 1160. The molecule has 5 heteroatoms. The van der Waals surface area contributed by atoms with Crippen molar-refractivity contribution in [3.63, 3.8) is 0 Å². The zero-order valence-corrected chi connectivity index (χ0v) is 16.3. The lowest BCUT2D eigenvalue weighted by atomic mass is 9.98. The van der Waals surface area contributed by atoms with Crippen molar-refractivity contribution in [1.82, 2.24) is 9.97 Å². The summed E-state index contributed by atoms with van der Waals surface area (Å²) in [6.45, 7) is 0.459. The Morgan fingerprint density at radius 2 is 1.47 bits per heavy atom. The number of hydrogen-bond acceptors (Lipinski definition) is 5. The summed E-state index contributed by atoms with van der Waals surface area (Å²) in [7, 11) is 0. The van der Waals surface area contributed by atoms with Gasteiger partial charge in [-0.25, -0.2) is 9.97 Å². The third-order valence-corrected chi connectivity index (χ3v) is 5.28. The Labute approximate surface area is 175 Å². The fourth-order valence-corrected chi connectivity index (χ4v) is 3.77. The van der Waals surface area contributed by atoms with Gasteiger partial charge in [0, 0.05) is 18.0 Å². The molecule has 1 N–H and O–H groups in total. The summed E-state index contributed by atoms with van der Waals surface area (Å²) < 4.78 is 0. The zero-order chi connectivity index (χ0) is 20.3. The number of nitrogens with one attached hydrogen (secondary N) is 1. The third kappa shape index (κ3) is 3.42. The highest BCUT2D eigenvalue weighted by Crippen LogP contribution is 2.35. The average molecular weight is 392 g/mol. The van der Waals surface area contributed by atoms with Gasteiger partial charge in [0.25, 0.3) is 0 Å². The molecule has 1 aliphatic heterocycles. The minimum atomic E-state index is -0.397. The molecule has 5 nitrogen and oxygen atoms in total. The van der Waals surface area contributed by atoms with Crippen LogP contribution in [-0.4, -0.2) is 28.3 Å². The number of benzene rings is 3. The van der Waals surface area contributed by atoms with E-state index in [4.69, 9.17) is 0 Å². The van der Waals surface area contributed by atoms with Gasteiger partial charge in [-0.1, -0.05) is 66.7 Å². The van der Waals surface area contributed by atoms with Crippen molar-refractivity contribution in [2.24, 2.45) is 0 Å². The number of hydrogen-bond donors (Lipinski definition) is 1. The van der Waals surface area contributed by atoms with Crippen LogP contribution in [0.5, 0.6) is 0 Å². The van der Waals surface area contributed by atoms with E-state index >= 15 is 0 Å². The molecule has 0 saturated heterocycles. The topological polar surface area (TPSA) is 58.1 Å². The second-order valence-electron chi connectivity index (χ2n) is 7.18. The van der Waals surface area contributed by atoms with Crippen LogP contribution >= 0.6 is 0 Å². The predicted octanol–water partition coefficient (Wildman–Crippen LogP) is 4.96. The second kappa shape index (κ2) is 7.79. The molecule has 3 aromatic carbocycles. The largest absolute Gasteiger partial charge is 0.372 e. The van der Waals surface area contributed by atoms with Crippen molar-refractivity contribution < 1.29 is 4.79 Å². The van der Waals surface area contributed by atoms with Crippen molar-refractivity contribution in [2.75, 3.05) is 16.8 Å². The molecular formula is C25H20N4O. The molecule has 1 aliphatic rings. The molecule has 146 valence electrons. The first-order valence-corrected chi connectivity index (χ1v) is 9.89. The Morgan fingerprint density at radius 1 is 0.800 bits per heavy atom. The summed E-state index contributed by atoms with van der Waals surface area (Å²) in [5, 5.41) is 3.39. The van der Waals surface area contributed by atoms with E-state index in [9.17, 15) is 4.79 Å². The van der Waals surface area contributed by atoms with Gasteiger partial charge in [0.05, 0.1) is 17.9 Å². The Hall–Kier alpha value is -3.99. The number of fused-ring (bicyclic) bond motifs is 1. The molecule has 0 saturated carbocycles. The molecule has 5 rings (SSSR count). The van der Waals surface area contributed by atoms with Crippen LogP contribution in [0.4, 0.5) is 17.3 Å². The lowest BCUT2D eigenvalue weighted by molar-refractivity contribution is 0.0971. The molecule has 0 radical (unpaired) electrons. The molecule has 1 aromatic heterocycles. The normalized spacial score (nSPS) is 15.2. The van der Waals surface area contributed by atoms with Gasteiger partial charge in [-0.05, 0) is 29.3 Å². The maximum Gasteiger partial charge on any atom is 0.229 e. The number of carbonyl (C=O) groups excluding carboxylic acids is 1. The average Bonchev–Trinajstić information content (AvgIpc) is 2.84. The van der Waals surface area contributed by atoms with E-state index in [-0.39, 0.29) is 5.78 Å². The first-order valence-electron chi connectivity index (χ1n) is 9.89. The molecule has 0 bridgehead atoms. The smallest absolute Gasteiger partial charge is 0.229 e. The summed E-state index contributed by atoms with van der Waals surface area (Å²) >= 11 is 0. The van der Waals surface area contributed by atoms with Crippen LogP contribution in [0.3, 0.4) is 0 Å². The number of nitrogens with zero attached hydrogens (tertiary/aromatic N) is 3. The molecule has 2 heterocycles. The number of aromatic nitrogens is 2. The lowest BCUT2D eigenvalue weighted by Crippen LogP contribution is -2.44. The molecule has 0 spiro atoms. The van der Waals surface area contributed by atoms with Crippen molar-refractivity contribution in [3.8, 4) is 11.1 Å². The van der Waals surface area contributed by atoms with Crippen LogP contribution in [0, 0.1) is 0 Å². The molecule has 4 aromatic rings. The molecule has 0 fully saturated rings. The first kappa shape index (κ1) is 18.1. The highest BCUT2D eigenvalue weighted by atomic mass is 16.1. The Kier molecular flexibility index (Phi) is 4.69. The molecule has 0 aliphatic carbocycles. The van der Waals surface area contributed by atoms with E-state index in [0.717, 1.165) is 22.5 Å². The lowest BCUT2D eigenvalue weighted by Gasteiger charge is -2.35. The van der Waals surface area contributed by atoms with Crippen LogP contribution in [0.1, 0.15) is 10.4 Å². The number of Topliss-reactive ketones (excluding diaryl/α,β-unsaturated/α-hetero) is 1. The number of para-hydroxylation sites is 2. The van der Waals surface area contributed by atoms with Crippen LogP contribution in [0.2, 0.25) is 0 Å². The van der Waals surface area contributed by atoms with Gasteiger partial charge in [-0.2, -0.15) is 0 Å². The Morgan fingerprint density at radius 3 is 2.23 bits per heavy atom. The van der Waals surface area contributed by atoms with Gasteiger partial charge in [0.2, 0.25) is 5.95 Å². The Balaban J connectivity index is 1.43. The quantitative estimate of drug-likeness (QED) is 0.498. The van der Waals surface area contributed by atoms with Crippen molar-refractivity contribution >= 4 is 23.1 Å². The van der Waals surface area contributed by atoms with Gasteiger partial charge >= 0.3 is 0 Å². The molecule has 1 unspecified atom stereocenters. The van der Waals surface area contributed by atoms with Crippen molar-refractivity contribution in [3.05, 3.63) is 103 Å². The highest BCUT2D eigenvalue weighted by Gasteiger charge is 2.31. The highest BCUT2D eigenvalue weighted by molar-refractivity contribution is 6.03. The molecule has 1 atom stereocenters. The number of ketones is 1. The molecule has 30 heavy (non-hydrogen) atoms. The van der Waals surface area contributed by atoms with E-state index in [1.165, 1.54) is 0 Å². The first-order chi connectivity index (χ1) is 14.8. The SMILES string of the molecule is O=C(c1ccc(-c2ccccc2)cc1)C1CN(c2ncccn2)c2ccccc2N1. The summed E-state index contributed by atoms with van der Waals surface area (Å²) in [6.07, 6.45) is 3.43. The van der Waals surface area contributed by atoms with Gasteiger partial charge < -0.3 is 10.2 Å². The summed E-state index contributed by atoms with van der Waals surface area (Å²) in [6, 6.07) is 27.2. The van der Waals surface area contributed by atoms with E-state index in [0.29, 0.717) is 18.1 Å². The maximum absolute atomic E-state index is 13.3. The fraction of sp³-hybridized carbons (Fsp3) is 0.0800. The minimum Gasteiger partial charge on any atom is -0.372 e. The van der Waals surface area contributed by atoms with Gasteiger partial charge in [0.15, 0.2) is 5.78 Å². The van der Waals surface area contributed by atoms with Crippen molar-refractivity contribution in [1.29, 1.82) is 0 Å². The zero-order valence-electron chi connectivity index (χ0n) is 16.3. The molecule has 0 amide bonds. The van der Waals surface area contributed by atoms with Crippen molar-refractivity contribution in [2.45, 2.75) is 6.04 Å². The fourth-order valence-electron chi connectivity index (χ4n) is 3.77. The van der Waals surface area contributed by atoms with Gasteiger partial charge in [0.1, 0.15) is 6.04 Å². The van der Waals surface area contributed by atoms with Crippen LogP contribution in [0.25, 0.3) is 11.1 Å². The van der Waals surface area contributed by atoms with E-state index in [1.807, 2.05) is 71.6 Å². The number of anilines is 3. The molecular weight excluding hydrogens is 372 g/mol. The van der Waals surface area contributed by atoms with Crippen LogP contribution in [0.15, 0.2) is 97.3 Å². The second-order valence-corrected chi connectivity index (χ2v) is 7.18. The predicted molar refractivity (Wildman–Crippen MR) is 119 cm³/mol. The standard InChI is InChI=1S/C25H20N4O/c30-24(20-13-11-19(12-14-20)18-7-2-1-3-8-18)22-17-29(25-26-15-6-16-27-25)23-10-5-4-9-21(23)28-22/h1-16,22,28H,17H2. The monoisotopic (exact) mass is 392 g/mol. The third-order valence-electron chi connectivity index (χ3n) is 5.28. The minimum absolute atomic E-state index is 0.0463. The van der Waals surface area contributed by atoms with E-state index in [1.54, 1.807) is 18.5 Å². The summed E-state index contributed by atoms with van der Waals surface area (Å²) in [5.74, 6) is 0.633. The van der Waals surface area contributed by atoms with E-state index < -0.39 is 6.04 Å². The number of rotatable bonds is 4. The van der Waals surface area contributed by atoms with Gasteiger partial charge in [-0.3, -0.25) is 4.79 Å². The summed E-state index contributed by atoms with van der Waals surface area (Å²) in [5.41, 5.74) is 4.77.